The summed E-state index contributed by atoms with van der Waals surface area (Å²) in [6, 6.07) is 0. The molecule has 1 unspecified atom stereocenters. The fourth-order valence-electron chi connectivity index (χ4n) is 0. The first-order valence-corrected chi connectivity index (χ1v) is 1.55. The van der Waals surface area contributed by atoms with Gasteiger partial charge in [0.25, 0.3) is 0 Å². The second-order valence-electron chi connectivity index (χ2n) is 0.217. The molecular weight excluding hydrogens is 277 g/mol. The third-order valence-electron chi connectivity index (χ3n) is 0. The van der Waals surface area contributed by atoms with E-state index in [0.29, 0.717) is 0 Å². The van der Waals surface area contributed by atoms with Crippen LogP contribution in [-0.2, 0) is 33.7 Å². The van der Waals surface area contributed by atoms with Crippen molar-refractivity contribution in [1.29, 1.82) is 0 Å². The minimum absolute atomic E-state index is 0. The van der Waals surface area contributed by atoms with Gasteiger partial charge in [0.2, 0.25) is 0 Å². The van der Waals surface area contributed by atoms with Crippen LogP contribution in [0.1, 0.15) is 0 Å². The molecule has 5 heavy (non-hydrogen) atoms. The summed E-state index contributed by atoms with van der Waals surface area (Å²) >= 11 is -2.86. The smallest absolute Gasteiger partial charge is 0.0814 e. The van der Waals surface area contributed by atoms with E-state index in [9.17, 15) is 0 Å². The second-order valence-corrected chi connectivity index (χ2v) is 0.651. The molecule has 0 fully saturated rings. The average molecular weight is 278 g/mol. The SMILES string of the molecule is O=S([O-])O.[Au]. The van der Waals surface area contributed by atoms with Crippen LogP contribution in [0.4, 0.5) is 0 Å². The number of hydrogen-bond acceptors (Lipinski definition) is 2. The van der Waals surface area contributed by atoms with Crippen molar-refractivity contribution in [2.75, 3.05) is 0 Å². The molecule has 3 nitrogen and oxygen atoms in total. The summed E-state index contributed by atoms with van der Waals surface area (Å²) in [6.45, 7) is 0. The fraction of sp³-hybridized carbons (Fsp3) is 0. The molecule has 0 aliphatic carbocycles. The van der Waals surface area contributed by atoms with Crippen LogP contribution >= 0.6 is 0 Å². The standard InChI is InChI=1S/Au.H2O3S/c;1-4(2)3/h;(H2,1,2,3)/p-1. The molecule has 0 spiro atoms. The Hall–Kier alpha value is 0.810. The number of hydrogen-bond donors (Lipinski definition) is 1. The molecule has 0 aromatic carbocycles. The van der Waals surface area contributed by atoms with E-state index in [1.165, 1.54) is 0 Å². The Bertz CT molecular complexity index is 29.9. The van der Waals surface area contributed by atoms with Gasteiger partial charge in [0, 0.05) is 22.4 Å². The Morgan fingerprint density at radius 1 is 1.80 bits per heavy atom. The van der Waals surface area contributed by atoms with Crippen molar-refractivity contribution in [3.63, 3.8) is 0 Å². The van der Waals surface area contributed by atoms with Crippen molar-refractivity contribution in [3.05, 3.63) is 0 Å². The minimum atomic E-state index is -2.86. The first kappa shape index (κ1) is 9.26. The Kier molecular flexibility index (Phi) is 8.91. The molecule has 0 aliphatic rings. The van der Waals surface area contributed by atoms with E-state index in [4.69, 9.17) is 13.3 Å². The van der Waals surface area contributed by atoms with Gasteiger partial charge in [0.05, 0.1) is 11.4 Å². The summed E-state index contributed by atoms with van der Waals surface area (Å²) in [6.07, 6.45) is 0. The van der Waals surface area contributed by atoms with E-state index in [-0.39, 0.29) is 22.4 Å². The molecule has 0 saturated heterocycles. The van der Waals surface area contributed by atoms with Gasteiger partial charge in [0.15, 0.2) is 0 Å². The molecule has 0 amide bonds. The van der Waals surface area contributed by atoms with Crippen LogP contribution in [0.25, 0.3) is 0 Å². The zero-order valence-corrected chi connectivity index (χ0v) is 4.96. The van der Waals surface area contributed by atoms with Crippen molar-refractivity contribution in [1.82, 2.24) is 0 Å². The molecule has 1 radical (unpaired) electrons. The largest absolute Gasteiger partial charge is 0.750 e. The summed E-state index contributed by atoms with van der Waals surface area (Å²) in [5.74, 6) is 0. The Morgan fingerprint density at radius 3 is 1.80 bits per heavy atom. The van der Waals surface area contributed by atoms with Crippen LogP contribution in [-0.4, -0.2) is 13.3 Å². The van der Waals surface area contributed by atoms with E-state index >= 15 is 0 Å². The monoisotopic (exact) mass is 278 g/mol. The molecule has 37 valence electrons. The quantitative estimate of drug-likeness (QED) is 0.472. The third-order valence-corrected chi connectivity index (χ3v) is 0. The maximum absolute atomic E-state index is 8.56. The van der Waals surface area contributed by atoms with Gasteiger partial charge in [-0.1, -0.05) is 0 Å². The predicted molar refractivity (Wildman–Crippen MR) is 11.5 cm³/mol. The van der Waals surface area contributed by atoms with Crippen molar-refractivity contribution in [2.24, 2.45) is 0 Å². The summed E-state index contributed by atoms with van der Waals surface area (Å²) in [5, 5.41) is 0. The van der Waals surface area contributed by atoms with E-state index in [2.05, 4.69) is 0 Å². The van der Waals surface area contributed by atoms with Crippen LogP contribution in [0.5, 0.6) is 0 Å². The maximum Gasteiger partial charge on any atom is 0.0814 e. The van der Waals surface area contributed by atoms with Gasteiger partial charge in [-0.3, -0.25) is 0 Å². The van der Waals surface area contributed by atoms with Gasteiger partial charge in [-0.05, 0) is 0 Å². The van der Waals surface area contributed by atoms with E-state index in [1.807, 2.05) is 0 Å². The van der Waals surface area contributed by atoms with Crippen LogP contribution in [0.2, 0.25) is 0 Å². The van der Waals surface area contributed by atoms with Crippen molar-refractivity contribution in [3.8, 4) is 0 Å². The van der Waals surface area contributed by atoms with Gasteiger partial charge in [-0.25, -0.2) is 4.21 Å². The summed E-state index contributed by atoms with van der Waals surface area (Å²) in [5.41, 5.74) is 0. The molecule has 0 heterocycles. The Balaban J connectivity index is 0. The third kappa shape index (κ3) is 57.9. The molecule has 1 N–H and O–H groups in total. The summed E-state index contributed by atoms with van der Waals surface area (Å²) < 4.78 is 24.1. The zero-order valence-electron chi connectivity index (χ0n) is 1.97. The van der Waals surface area contributed by atoms with Crippen molar-refractivity contribution in [2.45, 2.75) is 0 Å². The molecule has 0 saturated carbocycles. The van der Waals surface area contributed by atoms with Gasteiger partial charge in [-0.15, -0.1) is 0 Å². The topological polar surface area (TPSA) is 60.4 Å². The average Bonchev–Trinajstić information content (AvgIpc) is 0.811. The van der Waals surface area contributed by atoms with Gasteiger partial charge in [0.1, 0.15) is 0 Å². The van der Waals surface area contributed by atoms with Crippen molar-refractivity contribution >= 4 is 11.4 Å². The van der Waals surface area contributed by atoms with Crippen LogP contribution in [0.3, 0.4) is 0 Å². The predicted octanol–water partition coefficient (Wildman–Crippen LogP) is -0.664. The molecule has 1 atom stereocenters. The number of rotatable bonds is 0. The maximum atomic E-state index is 8.56. The molecule has 0 aromatic rings. The first-order chi connectivity index (χ1) is 1.73. The Labute approximate surface area is 47.4 Å². The summed E-state index contributed by atoms with van der Waals surface area (Å²) in [4.78, 5) is 0. The van der Waals surface area contributed by atoms with Crippen LogP contribution in [0.15, 0.2) is 0 Å². The van der Waals surface area contributed by atoms with Gasteiger partial charge < -0.3 is 9.11 Å². The van der Waals surface area contributed by atoms with Crippen LogP contribution in [0, 0.1) is 0 Å². The van der Waals surface area contributed by atoms with E-state index in [1.54, 1.807) is 0 Å². The first-order valence-electron chi connectivity index (χ1n) is 0.516. The zero-order chi connectivity index (χ0) is 3.58. The van der Waals surface area contributed by atoms with E-state index in [0.717, 1.165) is 0 Å². The molecule has 0 bridgehead atoms. The van der Waals surface area contributed by atoms with E-state index < -0.39 is 11.4 Å². The molecule has 5 heteroatoms. The Morgan fingerprint density at radius 2 is 1.80 bits per heavy atom. The molecule has 0 aliphatic heterocycles. The van der Waals surface area contributed by atoms with Crippen molar-refractivity contribution < 1.29 is 35.7 Å². The fourth-order valence-corrected chi connectivity index (χ4v) is 0. The second kappa shape index (κ2) is 4.81. The van der Waals surface area contributed by atoms with Crippen LogP contribution < -0.4 is 0 Å². The van der Waals surface area contributed by atoms with Gasteiger partial charge >= 0.3 is 0 Å². The molecule has 0 rings (SSSR count). The normalized spacial score (nSPS) is 12.4. The minimum Gasteiger partial charge on any atom is -0.750 e. The summed E-state index contributed by atoms with van der Waals surface area (Å²) in [7, 11) is 0. The molecule has 0 aromatic heterocycles. The molecular formula is HAuO3S-. The van der Waals surface area contributed by atoms with Gasteiger partial charge in [-0.2, -0.15) is 0 Å².